The fourth-order valence-corrected chi connectivity index (χ4v) is 5.64. The molecule has 0 radical (unpaired) electrons. The van der Waals surface area contributed by atoms with Crippen LogP contribution in [0.2, 0.25) is 5.02 Å². The lowest BCUT2D eigenvalue weighted by Gasteiger charge is -2.34. The van der Waals surface area contributed by atoms with E-state index < -0.39 is 12.1 Å². The summed E-state index contributed by atoms with van der Waals surface area (Å²) in [6.07, 6.45) is 0.357. The van der Waals surface area contributed by atoms with Gasteiger partial charge in [0, 0.05) is 38.1 Å². The molecule has 0 fully saturated rings. The number of urea groups is 1. The zero-order valence-electron chi connectivity index (χ0n) is 24.2. The van der Waals surface area contributed by atoms with Gasteiger partial charge in [0.25, 0.3) is 5.91 Å². The van der Waals surface area contributed by atoms with Crippen LogP contribution in [0.3, 0.4) is 0 Å². The van der Waals surface area contributed by atoms with Crippen molar-refractivity contribution in [1.82, 2.24) is 24.9 Å². The van der Waals surface area contributed by atoms with E-state index in [0.29, 0.717) is 42.3 Å². The van der Waals surface area contributed by atoms with Crippen LogP contribution in [0, 0.1) is 0 Å². The first-order chi connectivity index (χ1) is 20.2. The number of carbonyl (C=O) groups is 3. The van der Waals surface area contributed by atoms with Crippen molar-refractivity contribution in [2.45, 2.75) is 25.0 Å². The van der Waals surface area contributed by atoms with Gasteiger partial charge in [-0.2, -0.15) is 0 Å². The van der Waals surface area contributed by atoms with Crippen molar-refractivity contribution in [1.29, 1.82) is 0 Å². The summed E-state index contributed by atoms with van der Waals surface area (Å²) in [6.45, 7) is 1.78. The van der Waals surface area contributed by atoms with E-state index in [0.717, 1.165) is 16.7 Å². The Labute approximate surface area is 252 Å². The van der Waals surface area contributed by atoms with Gasteiger partial charge in [-0.3, -0.25) is 14.5 Å². The highest BCUT2D eigenvalue weighted by atomic mass is 35.5. The number of amides is 4. The van der Waals surface area contributed by atoms with Gasteiger partial charge < -0.3 is 20.0 Å². The Balaban J connectivity index is 1.51. The highest BCUT2D eigenvalue weighted by molar-refractivity contribution is 6.30. The zero-order chi connectivity index (χ0) is 29.8. The smallest absolute Gasteiger partial charge is 0.322 e. The number of hydrogen-bond donors (Lipinski definition) is 1. The van der Waals surface area contributed by atoms with Crippen molar-refractivity contribution >= 4 is 29.4 Å². The Bertz CT molecular complexity index is 1460. The fraction of sp³-hybridized carbons (Fsp3) is 0.303. The molecule has 2 aliphatic heterocycles. The maximum absolute atomic E-state index is 14.5. The Morgan fingerprint density at radius 1 is 0.929 bits per heavy atom. The molecule has 0 aliphatic carbocycles. The van der Waals surface area contributed by atoms with Gasteiger partial charge in [-0.15, -0.1) is 0 Å². The molecule has 218 valence electrons. The normalized spacial score (nSPS) is 17.4. The van der Waals surface area contributed by atoms with Crippen molar-refractivity contribution in [3.05, 3.63) is 118 Å². The molecule has 4 amide bonds. The number of rotatable bonds is 10. The molecule has 5 rings (SSSR count). The Morgan fingerprint density at radius 2 is 1.55 bits per heavy atom. The van der Waals surface area contributed by atoms with Crippen LogP contribution in [0.15, 0.2) is 96.2 Å². The van der Waals surface area contributed by atoms with Crippen LogP contribution in [0.5, 0.6) is 0 Å². The third-order valence-corrected chi connectivity index (χ3v) is 8.12. The highest BCUT2D eigenvalue weighted by Gasteiger charge is 2.46. The molecular formula is C33H36ClN5O3. The van der Waals surface area contributed by atoms with Crippen molar-refractivity contribution in [3.8, 4) is 0 Å². The standard InChI is InChI=1S/C33H36ClN5O3/c1-36(2)18-19-38(21-24-12-8-5-9-13-24)31(40)27(20-23-10-6-4-7-11-23)39-22-28-29(32(39)41)30(35-33(42)37(28)3)25-14-16-26(34)17-15-25/h4-17,27,30H,18-22H2,1-3H3,(H,35,42). The first-order valence-electron chi connectivity index (χ1n) is 14.1. The maximum Gasteiger partial charge on any atom is 0.322 e. The van der Waals surface area contributed by atoms with E-state index in [9.17, 15) is 14.4 Å². The monoisotopic (exact) mass is 585 g/mol. The number of carbonyl (C=O) groups excluding carboxylic acids is 3. The van der Waals surface area contributed by atoms with Crippen molar-refractivity contribution in [2.75, 3.05) is 40.8 Å². The molecule has 2 aliphatic rings. The van der Waals surface area contributed by atoms with E-state index in [4.69, 9.17) is 11.6 Å². The second kappa shape index (κ2) is 12.8. The average molecular weight is 586 g/mol. The van der Waals surface area contributed by atoms with Crippen molar-refractivity contribution in [3.63, 3.8) is 0 Å². The molecule has 0 bridgehead atoms. The van der Waals surface area contributed by atoms with Crippen LogP contribution in [0.1, 0.15) is 22.7 Å². The molecule has 2 unspecified atom stereocenters. The van der Waals surface area contributed by atoms with Gasteiger partial charge in [0.2, 0.25) is 5.91 Å². The van der Waals surface area contributed by atoms with Gasteiger partial charge in [0.05, 0.1) is 23.9 Å². The van der Waals surface area contributed by atoms with E-state index in [1.165, 1.54) is 4.90 Å². The van der Waals surface area contributed by atoms with E-state index >= 15 is 0 Å². The lowest BCUT2D eigenvalue weighted by atomic mass is 9.95. The molecule has 1 N–H and O–H groups in total. The zero-order valence-corrected chi connectivity index (χ0v) is 24.9. The summed E-state index contributed by atoms with van der Waals surface area (Å²) in [5, 5.41) is 3.53. The molecule has 42 heavy (non-hydrogen) atoms. The highest BCUT2D eigenvalue weighted by Crippen LogP contribution is 2.37. The van der Waals surface area contributed by atoms with Gasteiger partial charge in [0.15, 0.2) is 0 Å². The third-order valence-electron chi connectivity index (χ3n) is 7.87. The number of benzene rings is 3. The molecule has 0 saturated carbocycles. The summed E-state index contributed by atoms with van der Waals surface area (Å²) >= 11 is 6.12. The number of likely N-dealkylation sites (N-methyl/N-ethyl adjacent to an activating group) is 2. The summed E-state index contributed by atoms with van der Waals surface area (Å²) in [5.41, 5.74) is 3.82. The number of nitrogens with one attached hydrogen (secondary N) is 1. The molecule has 8 nitrogen and oxygen atoms in total. The summed E-state index contributed by atoms with van der Waals surface area (Å²) in [6, 6.07) is 25.1. The van der Waals surface area contributed by atoms with E-state index in [1.807, 2.05) is 96.7 Å². The van der Waals surface area contributed by atoms with Crippen LogP contribution >= 0.6 is 11.6 Å². The lowest BCUT2D eigenvalue weighted by molar-refractivity contribution is -0.143. The molecule has 2 atom stereocenters. The second-order valence-electron chi connectivity index (χ2n) is 11.0. The van der Waals surface area contributed by atoms with Crippen LogP contribution in [-0.4, -0.2) is 84.3 Å². The maximum atomic E-state index is 14.5. The second-order valence-corrected chi connectivity index (χ2v) is 11.5. The number of hydrogen-bond acceptors (Lipinski definition) is 4. The van der Waals surface area contributed by atoms with E-state index in [-0.39, 0.29) is 24.4 Å². The summed E-state index contributed by atoms with van der Waals surface area (Å²) in [4.78, 5) is 48.9. The Kier molecular flexibility index (Phi) is 8.94. The minimum atomic E-state index is -0.759. The fourth-order valence-electron chi connectivity index (χ4n) is 5.52. The molecule has 3 aromatic carbocycles. The van der Waals surface area contributed by atoms with Crippen LogP contribution in [0.25, 0.3) is 0 Å². The molecule has 9 heteroatoms. The first-order valence-corrected chi connectivity index (χ1v) is 14.5. The van der Waals surface area contributed by atoms with Crippen LogP contribution in [-0.2, 0) is 22.6 Å². The van der Waals surface area contributed by atoms with Gasteiger partial charge in [-0.25, -0.2) is 4.79 Å². The predicted octanol–water partition coefficient (Wildman–Crippen LogP) is 4.33. The topological polar surface area (TPSA) is 76.2 Å². The SMILES string of the molecule is CN(C)CCN(Cc1ccccc1)C(=O)C(Cc1ccccc1)N1CC2=C(C1=O)C(c1ccc(Cl)cc1)NC(=O)N2C. The number of nitrogens with zero attached hydrogens (tertiary/aromatic N) is 4. The minimum Gasteiger partial charge on any atom is -0.335 e. The van der Waals surface area contributed by atoms with Gasteiger partial charge in [-0.05, 0) is 42.9 Å². The molecule has 3 aromatic rings. The van der Waals surface area contributed by atoms with Crippen molar-refractivity contribution < 1.29 is 14.4 Å². The van der Waals surface area contributed by atoms with Gasteiger partial charge >= 0.3 is 6.03 Å². The summed E-state index contributed by atoms with van der Waals surface area (Å²) < 4.78 is 0. The molecule has 2 heterocycles. The minimum absolute atomic E-state index is 0.122. The Hall–Kier alpha value is -4.14. The van der Waals surface area contributed by atoms with Crippen molar-refractivity contribution in [2.24, 2.45) is 0 Å². The quantitative estimate of drug-likeness (QED) is 0.384. The number of halogens is 1. The third kappa shape index (κ3) is 6.35. The van der Waals surface area contributed by atoms with Gasteiger partial charge in [-0.1, -0.05) is 84.4 Å². The van der Waals surface area contributed by atoms with Gasteiger partial charge in [0.1, 0.15) is 6.04 Å². The summed E-state index contributed by atoms with van der Waals surface area (Å²) in [5.74, 6) is -0.374. The van der Waals surface area contributed by atoms with E-state index in [2.05, 4.69) is 5.32 Å². The summed E-state index contributed by atoms with van der Waals surface area (Å²) in [7, 11) is 5.61. The molecular weight excluding hydrogens is 550 g/mol. The largest absolute Gasteiger partial charge is 0.335 e. The molecule has 0 spiro atoms. The van der Waals surface area contributed by atoms with Crippen LogP contribution < -0.4 is 5.32 Å². The lowest BCUT2D eigenvalue weighted by Crippen LogP contribution is -2.52. The molecule has 0 saturated heterocycles. The first kappa shape index (κ1) is 29.4. The Morgan fingerprint density at radius 3 is 2.17 bits per heavy atom. The predicted molar refractivity (Wildman–Crippen MR) is 164 cm³/mol. The average Bonchev–Trinajstić information content (AvgIpc) is 3.34. The van der Waals surface area contributed by atoms with Crippen LogP contribution in [0.4, 0.5) is 4.79 Å². The van der Waals surface area contributed by atoms with E-state index in [1.54, 1.807) is 24.1 Å². The molecule has 0 aromatic heterocycles.